The van der Waals surface area contributed by atoms with Crippen molar-refractivity contribution in [3.63, 3.8) is 0 Å². The molecule has 0 unspecified atom stereocenters. The summed E-state index contributed by atoms with van der Waals surface area (Å²) >= 11 is 0. The number of carbonyl (C=O) groups is 2. The zero-order chi connectivity index (χ0) is 24.4. The van der Waals surface area contributed by atoms with Crippen molar-refractivity contribution in [3.8, 4) is 5.75 Å². The van der Waals surface area contributed by atoms with Crippen LogP contribution in [-0.4, -0.2) is 26.1 Å². The molecule has 0 radical (unpaired) electrons. The van der Waals surface area contributed by atoms with Crippen LogP contribution in [0.4, 0.5) is 0 Å². The van der Waals surface area contributed by atoms with E-state index in [1.165, 1.54) is 12.7 Å². The van der Waals surface area contributed by atoms with Crippen LogP contribution < -0.4 is 10.1 Å². The maximum absolute atomic E-state index is 13.5. The van der Waals surface area contributed by atoms with Gasteiger partial charge in [-0.3, -0.25) is 4.79 Å². The van der Waals surface area contributed by atoms with Gasteiger partial charge in [0.2, 0.25) is 5.91 Å². The Morgan fingerprint density at radius 3 is 2.69 bits per heavy atom. The van der Waals surface area contributed by atoms with E-state index in [0.717, 1.165) is 40.8 Å². The Kier molecular flexibility index (Phi) is 6.55. The van der Waals surface area contributed by atoms with Crippen LogP contribution in [0.1, 0.15) is 69.1 Å². The molecule has 3 aromatic rings. The number of carbonyl (C=O) groups excluding carboxylic acids is 2. The highest BCUT2D eigenvalue weighted by Gasteiger charge is 2.34. The lowest BCUT2D eigenvalue weighted by Gasteiger charge is -2.33. The number of rotatable bonds is 6. The van der Waals surface area contributed by atoms with Crippen molar-refractivity contribution in [1.82, 2.24) is 5.32 Å². The van der Waals surface area contributed by atoms with Gasteiger partial charge in [0, 0.05) is 19.1 Å². The van der Waals surface area contributed by atoms with Gasteiger partial charge in [-0.1, -0.05) is 48.5 Å². The summed E-state index contributed by atoms with van der Waals surface area (Å²) in [5, 5.41) is 3.31. The summed E-state index contributed by atoms with van der Waals surface area (Å²) in [6, 6.07) is 21.2. The minimum atomic E-state index is -0.388. The zero-order valence-electron chi connectivity index (χ0n) is 20.0. The third kappa shape index (κ3) is 4.66. The molecule has 0 spiro atoms. The fourth-order valence-electron chi connectivity index (χ4n) is 5.21. The second kappa shape index (κ2) is 9.92. The number of methoxy groups -OCH3 is 2. The molecule has 3 aromatic carbocycles. The second-order valence-corrected chi connectivity index (χ2v) is 9.12. The maximum Gasteiger partial charge on any atom is 0.337 e. The van der Waals surface area contributed by atoms with Crippen molar-refractivity contribution in [2.75, 3.05) is 14.2 Å². The lowest BCUT2D eigenvalue weighted by atomic mass is 9.91. The van der Waals surface area contributed by atoms with Gasteiger partial charge in [-0.15, -0.1) is 0 Å². The Bertz CT molecular complexity index is 1250. The summed E-state index contributed by atoms with van der Waals surface area (Å²) in [7, 11) is 3.06. The highest BCUT2D eigenvalue weighted by molar-refractivity contribution is 5.89. The van der Waals surface area contributed by atoms with Crippen LogP contribution in [0.2, 0.25) is 0 Å². The molecule has 5 rings (SSSR count). The van der Waals surface area contributed by atoms with Gasteiger partial charge in [0.1, 0.15) is 11.9 Å². The van der Waals surface area contributed by atoms with Crippen molar-refractivity contribution in [3.05, 3.63) is 100 Å². The number of nitrogens with one attached hydrogen (secondary N) is 1. The molecular formula is C29H29NO5. The number of ether oxygens (including phenoxy) is 3. The molecular weight excluding hydrogens is 442 g/mol. The molecule has 1 N–H and O–H groups in total. The third-order valence-electron chi connectivity index (χ3n) is 6.92. The molecule has 180 valence electrons. The quantitative estimate of drug-likeness (QED) is 0.511. The fourth-order valence-corrected chi connectivity index (χ4v) is 5.21. The topological polar surface area (TPSA) is 73.9 Å². The Morgan fingerprint density at radius 1 is 1.00 bits per heavy atom. The molecule has 6 heteroatoms. The molecule has 2 aliphatic rings. The van der Waals surface area contributed by atoms with Gasteiger partial charge in [0.25, 0.3) is 0 Å². The molecule has 35 heavy (non-hydrogen) atoms. The minimum absolute atomic E-state index is 0.0343. The normalized spacial score (nSPS) is 20.3. The van der Waals surface area contributed by atoms with Crippen LogP contribution in [0.15, 0.2) is 66.7 Å². The second-order valence-electron chi connectivity index (χ2n) is 9.12. The fraction of sp³-hybridized carbons (Fsp3) is 0.310. The van der Waals surface area contributed by atoms with Gasteiger partial charge >= 0.3 is 5.97 Å². The van der Waals surface area contributed by atoms with E-state index in [-0.39, 0.29) is 29.9 Å². The minimum Gasteiger partial charge on any atom is -0.485 e. The van der Waals surface area contributed by atoms with E-state index >= 15 is 0 Å². The zero-order valence-corrected chi connectivity index (χ0v) is 20.0. The van der Waals surface area contributed by atoms with E-state index in [9.17, 15) is 9.59 Å². The lowest BCUT2D eigenvalue weighted by Crippen LogP contribution is -2.36. The Labute approximate surface area is 205 Å². The smallest absolute Gasteiger partial charge is 0.337 e. The average Bonchev–Trinajstić information content (AvgIpc) is 3.32. The number of para-hydroxylation sites is 1. The summed E-state index contributed by atoms with van der Waals surface area (Å²) in [5.41, 5.74) is 5.77. The molecule has 3 atom stereocenters. The first-order valence-electron chi connectivity index (χ1n) is 11.9. The van der Waals surface area contributed by atoms with Crippen molar-refractivity contribution >= 4 is 11.9 Å². The van der Waals surface area contributed by atoms with Crippen LogP contribution in [-0.2, 0) is 27.3 Å². The number of hydrogen-bond acceptors (Lipinski definition) is 5. The molecule has 1 amide bonds. The molecule has 1 aliphatic heterocycles. The van der Waals surface area contributed by atoms with Gasteiger partial charge in [0.15, 0.2) is 0 Å². The van der Waals surface area contributed by atoms with E-state index in [4.69, 9.17) is 14.2 Å². The van der Waals surface area contributed by atoms with E-state index in [0.29, 0.717) is 18.6 Å². The first-order chi connectivity index (χ1) is 17.1. The number of hydrogen-bond donors (Lipinski definition) is 1. The molecule has 6 nitrogen and oxygen atoms in total. The predicted octanol–water partition coefficient (Wildman–Crippen LogP) is 5.03. The van der Waals surface area contributed by atoms with Gasteiger partial charge in [-0.05, 0) is 53.3 Å². The van der Waals surface area contributed by atoms with Crippen molar-refractivity contribution in [2.45, 2.75) is 43.9 Å². The molecule has 0 saturated carbocycles. The van der Waals surface area contributed by atoms with Crippen molar-refractivity contribution < 1.29 is 23.8 Å². The van der Waals surface area contributed by atoms with Gasteiger partial charge < -0.3 is 19.5 Å². The Morgan fingerprint density at radius 2 is 1.86 bits per heavy atom. The summed E-state index contributed by atoms with van der Waals surface area (Å²) in [5.74, 6) is 0.222. The summed E-state index contributed by atoms with van der Waals surface area (Å²) in [6.07, 6.45) is 1.96. The Hall–Kier alpha value is -3.64. The van der Waals surface area contributed by atoms with E-state index < -0.39 is 0 Å². The monoisotopic (exact) mass is 471 g/mol. The van der Waals surface area contributed by atoms with Crippen LogP contribution in [0, 0.1) is 0 Å². The predicted molar refractivity (Wildman–Crippen MR) is 131 cm³/mol. The number of aryl methyl sites for hydroxylation is 1. The van der Waals surface area contributed by atoms with Crippen LogP contribution in [0.5, 0.6) is 5.75 Å². The van der Waals surface area contributed by atoms with Crippen LogP contribution in [0.3, 0.4) is 0 Å². The lowest BCUT2D eigenvalue weighted by molar-refractivity contribution is -0.123. The Balaban J connectivity index is 1.38. The highest BCUT2D eigenvalue weighted by Crippen LogP contribution is 2.42. The molecule has 1 heterocycles. The molecule has 0 bridgehead atoms. The maximum atomic E-state index is 13.5. The van der Waals surface area contributed by atoms with Gasteiger partial charge in [-0.2, -0.15) is 0 Å². The molecule has 1 aliphatic carbocycles. The van der Waals surface area contributed by atoms with Crippen LogP contribution in [0.25, 0.3) is 0 Å². The van der Waals surface area contributed by atoms with E-state index in [1.807, 2.05) is 42.5 Å². The molecule has 0 fully saturated rings. The number of esters is 1. The third-order valence-corrected chi connectivity index (χ3v) is 6.92. The van der Waals surface area contributed by atoms with Crippen molar-refractivity contribution in [2.24, 2.45) is 0 Å². The SMILES string of the molecule is COCc1ccc2c(c1)CC[C@@H]2C(=O)N[C@@H]1C[C@H](c2cccc(C(=O)OC)c2)Oc2ccccc21. The first-order valence-corrected chi connectivity index (χ1v) is 11.9. The first kappa shape index (κ1) is 23.1. The number of fused-ring (bicyclic) bond motifs is 2. The van der Waals surface area contributed by atoms with Gasteiger partial charge in [0.05, 0.1) is 31.2 Å². The summed E-state index contributed by atoms with van der Waals surface area (Å²) in [4.78, 5) is 25.5. The summed E-state index contributed by atoms with van der Waals surface area (Å²) in [6.45, 7) is 0.571. The summed E-state index contributed by atoms with van der Waals surface area (Å²) < 4.78 is 16.4. The van der Waals surface area contributed by atoms with E-state index in [1.54, 1.807) is 19.2 Å². The number of benzene rings is 3. The van der Waals surface area contributed by atoms with E-state index in [2.05, 4.69) is 17.4 Å². The molecule has 0 saturated heterocycles. The average molecular weight is 472 g/mol. The standard InChI is InChI=1S/C29H29NO5/c1-33-17-18-10-12-22-19(14-18)11-13-23(22)28(31)30-25-16-27(35-26-9-4-3-8-24(25)26)20-6-5-7-21(15-20)29(32)34-2/h3-10,12,14-15,23,25,27H,11,13,16-17H2,1-2H3,(H,30,31)/t23-,25+,27+/m0/s1. The molecule has 0 aromatic heterocycles. The number of amides is 1. The van der Waals surface area contributed by atoms with Gasteiger partial charge in [-0.25, -0.2) is 4.79 Å². The van der Waals surface area contributed by atoms with Crippen LogP contribution >= 0.6 is 0 Å². The highest BCUT2D eigenvalue weighted by atomic mass is 16.5. The largest absolute Gasteiger partial charge is 0.485 e. The van der Waals surface area contributed by atoms with Crippen molar-refractivity contribution in [1.29, 1.82) is 0 Å².